The molecule has 0 fully saturated rings. The Morgan fingerprint density at radius 1 is 1.04 bits per heavy atom. The van der Waals surface area contributed by atoms with Gasteiger partial charge >= 0.3 is 0 Å². The summed E-state index contributed by atoms with van der Waals surface area (Å²) >= 11 is 3.44. The third kappa shape index (κ3) is 3.81. The second-order valence-corrected chi connectivity index (χ2v) is 7.30. The number of rotatable bonds is 4. The number of ketones is 1. The van der Waals surface area contributed by atoms with Crippen LogP contribution in [0.2, 0.25) is 0 Å². The number of hydrogen-bond donors (Lipinski definition) is 0. The van der Waals surface area contributed by atoms with Gasteiger partial charge in [0.05, 0.1) is 5.56 Å². The van der Waals surface area contributed by atoms with E-state index in [0.717, 1.165) is 21.2 Å². The third-order valence-electron chi connectivity index (χ3n) is 4.34. The van der Waals surface area contributed by atoms with E-state index in [1.807, 2.05) is 67.6 Å². The van der Waals surface area contributed by atoms with Gasteiger partial charge < -0.3 is 9.47 Å². The third-order valence-corrected chi connectivity index (χ3v) is 4.83. The molecule has 1 aliphatic rings. The molecule has 4 rings (SSSR count). The Kier molecular flexibility index (Phi) is 4.82. The molecule has 1 aliphatic heterocycles. The SMILES string of the molecule is Cc1cc(OCc2ccccc2)cc2c1C(=O)/C(=C/c1cccc(Br)c1)O2. The Bertz CT molecular complexity index is 1040. The van der Waals surface area contributed by atoms with Crippen LogP contribution in [0.25, 0.3) is 6.08 Å². The van der Waals surface area contributed by atoms with Gasteiger partial charge in [-0.25, -0.2) is 0 Å². The Morgan fingerprint density at radius 3 is 2.63 bits per heavy atom. The summed E-state index contributed by atoms with van der Waals surface area (Å²) in [5.74, 6) is 1.46. The molecule has 0 aromatic heterocycles. The number of carbonyl (C=O) groups is 1. The summed E-state index contributed by atoms with van der Waals surface area (Å²) in [5, 5.41) is 0. The van der Waals surface area contributed by atoms with E-state index < -0.39 is 0 Å². The van der Waals surface area contributed by atoms with Crippen LogP contribution in [0.15, 0.2) is 77.0 Å². The van der Waals surface area contributed by atoms with Gasteiger partial charge in [-0.15, -0.1) is 0 Å². The van der Waals surface area contributed by atoms with Gasteiger partial charge in [-0.1, -0.05) is 58.4 Å². The molecule has 3 aromatic rings. The van der Waals surface area contributed by atoms with Gasteiger partial charge in [-0.3, -0.25) is 4.79 Å². The molecule has 1 heterocycles. The van der Waals surface area contributed by atoms with E-state index in [0.29, 0.717) is 29.4 Å². The number of carbonyl (C=O) groups excluding carboxylic acids is 1. The highest BCUT2D eigenvalue weighted by Gasteiger charge is 2.30. The van der Waals surface area contributed by atoms with Crippen LogP contribution in [0.4, 0.5) is 0 Å². The fourth-order valence-corrected chi connectivity index (χ4v) is 3.47. The first kappa shape index (κ1) is 17.6. The molecule has 0 spiro atoms. The zero-order valence-corrected chi connectivity index (χ0v) is 16.3. The van der Waals surface area contributed by atoms with Crippen molar-refractivity contribution in [1.29, 1.82) is 0 Å². The maximum atomic E-state index is 12.8. The average Bonchev–Trinajstić information content (AvgIpc) is 2.97. The summed E-state index contributed by atoms with van der Waals surface area (Å²) in [6.45, 7) is 2.37. The van der Waals surface area contributed by atoms with Crippen LogP contribution in [0, 0.1) is 6.92 Å². The van der Waals surface area contributed by atoms with Gasteiger partial charge in [-0.2, -0.15) is 0 Å². The summed E-state index contributed by atoms with van der Waals surface area (Å²) in [7, 11) is 0. The first-order valence-electron chi connectivity index (χ1n) is 8.61. The van der Waals surface area contributed by atoms with Crippen molar-refractivity contribution in [1.82, 2.24) is 0 Å². The van der Waals surface area contributed by atoms with E-state index in [9.17, 15) is 4.79 Å². The van der Waals surface area contributed by atoms with Crippen molar-refractivity contribution in [3.05, 3.63) is 99.2 Å². The predicted octanol–water partition coefficient (Wildman–Crippen LogP) is 5.95. The molecule has 0 saturated carbocycles. The zero-order chi connectivity index (χ0) is 18.8. The standard InChI is InChI=1S/C23H17BrO3/c1-15-10-19(26-14-16-6-3-2-4-7-16)13-20-22(15)23(25)21(27-20)12-17-8-5-9-18(24)11-17/h2-13H,14H2,1H3/b21-12-. The first-order chi connectivity index (χ1) is 13.1. The Labute approximate surface area is 166 Å². The number of ether oxygens (including phenoxy) is 2. The number of allylic oxidation sites excluding steroid dienone is 1. The minimum absolute atomic E-state index is 0.0999. The fourth-order valence-electron chi connectivity index (χ4n) is 3.05. The molecule has 0 saturated heterocycles. The molecule has 0 aliphatic carbocycles. The molecule has 0 unspecified atom stereocenters. The molecule has 0 N–H and O–H groups in total. The van der Waals surface area contributed by atoms with Crippen molar-refractivity contribution >= 4 is 27.8 Å². The molecule has 4 heteroatoms. The van der Waals surface area contributed by atoms with E-state index >= 15 is 0 Å². The Balaban J connectivity index is 1.58. The molecular formula is C23H17BrO3. The molecule has 0 atom stereocenters. The second-order valence-electron chi connectivity index (χ2n) is 6.38. The van der Waals surface area contributed by atoms with Gasteiger partial charge in [0.1, 0.15) is 18.1 Å². The molecule has 0 radical (unpaired) electrons. The van der Waals surface area contributed by atoms with Gasteiger partial charge in [0.2, 0.25) is 5.78 Å². The number of Topliss-reactive ketones (excluding diaryl/α,β-unsaturated/α-hetero) is 1. The van der Waals surface area contributed by atoms with Crippen molar-refractivity contribution < 1.29 is 14.3 Å². The molecule has 3 aromatic carbocycles. The highest BCUT2D eigenvalue weighted by molar-refractivity contribution is 9.10. The van der Waals surface area contributed by atoms with Crippen molar-refractivity contribution in [2.45, 2.75) is 13.5 Å². The van der Waals surface area contributed by atoms with E-state index in [1.54, 1.807) is 12.1 Å². The van der Waals surface area contributed by atoms with Crippen LogP contribution >= 0.6 is 15.9 Å². The van der Waals surface area contributed by atoms with Gasteiger partial charge in [0.25, 0.3) is 0 Å². The largest absolute Gasteiger partial charge is 0.489 e. The first-order valence-corrected chi connectivity index (χ1v) is 9.40. The van der Waals surface area contributed by atoms with Crippen molar-refractivity contribution in [2.75, 3.05) is 0 Å². The highest BCUT2D eigenvalue weighted by atomic mass is 79.9. The lowest BCUT2D eigenvalue weighted by molar-refractivity contribution is 0.101. The van der Waals surface area contributed by atoms with Gasteiger partial charge in [-0.05, 0) is 47.9 Å². The van der Waals surface area contributed by atoms with Crippen LogP contribution in [0.5, 0.6) is 11.5 Å². The Hall–Kier alpha value is -2.85. The van der Waals surface area contributed by atoms with Crippen LogP contribution in [0.1, 0.15) is 27.0 Å². The number of fused-ring (bicyclic) bond motifs is 1. The summed E-state index contributed by atoms with van der Waals surface area (Å²) in [5.41, 5.74) is 3.43. The summed E-state index contributed by atoms with van der Waals surface area (Å²) < 4.78 is 12.7. The lowest BCUT2D eigenvalue weighted by atomic mass is 10.0. The van der Waals surface area contributed by atoms with Crippen molar-refractivity contribution in [3.63, 3.8) is 0 Å². The zero-order valence-electron chi connectivity index (χ0n) is 14.7. The van der Waals surface area contributed by atoms with Crippen LogP contribution in [0.3, 0.4) is 0 Å². The van der Waals surface area contributed by atoms with Crippen LogP contribution in [-0.2, 0) is 6.61 Å². The number of hydrogen-bond acceptors (Lipinski definition) is 3. The average molecular weight is 421 g/mol. The highest BCUT2D eigenvalue weighted by Crippen LogP contribution is 2.37. The monoisotopic (exact) mass is 420 g/mol. The molecule has 0 amide bonds. The smallest absolute Gasteiger partial charge is 0.232 e. The summed E-state index contributed by atoms with van der Waals surface area (Å²) in [6.07, 6.45) is 1.76. The van der Waals surface area contributed by atoms with Gasteiger partial charge in [0.15, 0.2) is 5.76 Å². The minimum Gasteiger partial charge on any atom is -0.489 e. The molecule has 0 bridgehead atoms. The second kappa shape index (κ2) is 7.41. The maximum Gasteiger partial charge on any atom is 0.232 e. The topological polar surface area (TPSA) is 35.5 Å². The van der Waals surface area contributed by atoms with E-state index in [1.165, 1.54) is 0 Å². The summed E-state index contributed by atoms with van der Waals surface area (Å²) in [6, 6.07) is 21.3. The van der Waals surface area contributed by atoms with E-state index in [4.69, 9.17) is 9.47 Å². The number of aryl methyl sites for hydroxylation is 1. The molecule has 134 valence electrons. The van der Waals surface area contributed by atoms with E-state index in [2.05, 4.69) is 15.9 Å². The van der Waals surface area contributed by atoms with Crippen molar-refractivity contribution in [3.8, 4) is 11.5 Å². The molecule has 3 nitrogen and oxygen atoms in total. The van der Waals surface area contributed by atoms with Gasteiger partial charge in [0, 0.05) is 10.5 Å². The molecule has 27 heavy (non-hydrogen) atoms. The fraction of sp³-hybridized carbons (Fsp3) is 0.0870. The summed E-state index contributed by atoms with van der Waals surface area (Å²) in [4.78, 5) is 12.8. The predicted molar refractivity (Wildman–Crippen MR) is 109 cm³/mol. The van der Waals surface area contributed by atoms with Crippen molar-refractivity contribution in [2.24, 2.45) is 0 Å². The normalized spacial score (nSPS) is 14.1. The Morgan fingerprint density at radius 2 is 1.85 bits per heavy atom. The maximum absolute atomic E-state index is 12.8. The lowest BCUT2D eigenvalue weighted by Gasteiger charge is -2.09. The van der Waals surface area contributed by atoms with Crippen LogP contribution < -0.4 is 9.47 Å². The number of benzene rings is 3. The molecular weight excluding hydrogens is 404 g/mol. The lowest BCUT2D eigenvalue weighted by Crippen LogP contribution is -2.00. The van der Waals surface area contributed by atoms with E-state index in [-0.39, 0.29) is 5.78 Å². The number of halogens is 1. The minimum atomic E-state index is -0.0999. The quantitative estimate of drug-likeness (QED) is 0.488. The van der Waals surface area contributed by atoms with Crippen LogP contribution in [-0.4, -0.2) is 5.78 Å².